The maximum absolute atomic E-state index is 11.9. The van der Waals surface area contributed by atoms with Crippen LogP contribution in [0.2, 0.25) is 10.0 Å². The zero-order chi connectivity index (χ0) is 19.0. The van der Waals surface area contributed by atoms with Crippen LogP contribution in [0.4, 0.5) is 5.69 Å². The topological polar surface area (TPSA) is 35.7 Å². The Morgan fingerprint density at radius 2 is 1.81 bits per heavy atom. The molecule has 6 heteroatoms. The molecule has 2 aliphatic rings. The third-order valence-electron chi connectivity index (χ3n) is 5.45. The highest BCUT2D eigenvalue weighted by Crippen LogP contribution is 2.39. The van der Waals surface area contributed by atoms with Gasteiger partial charge in [0.25, 0.3) is 11.6 Å². The van der Waals surface area contributed by atoms with Crippen molar-refractivity contribution in [3.05, 3.63) is 58.1 Å². The average Bonchev–Trinajstić information content (AvgIpc) is 2.80. The predicted octanol–water partition coefficient (Wildman–Crippen LogP) is 4.65. The molecule has 2 aromatic rings. The first-order valence-corrected chi connectivity index (χ1v) is 10.0. The normalized spacial score (nSPS) is 22.6. The second-order valence-electron chi connectivity index (χ2n) is 7.13. The SMILES string of the molecule is COc1ccc(N2C3=[N+](CCCCC3)C[C@@]2(O)c2ccc(Cl)c(Cl)c2)cc1. The van der Waals surface area contributed by atoms with Crippen molar-refractivity contribution in [3.8, 4) is 5.75 Å². The molecule has 0 saturated heterocycles. The Balaban J connectivity index is 1.83. The molecule has 4 rings (SSSR count). The molecule has 1 N–H and O–H groups in total. The van der Waals surface area contributed by atoms with Gasteiger partial charge in [0, 0.05) is 12.0 Å². The van der Waals surface area contributed by atoms with Gasteiger partial charge in [0.1, 0.15) is 11.4 Å². The molecule has 0 bridgehead atoms. The molecular weight excluding hydrogens is 383 g/mol. The van der Waals surface area contributed by atoms with Gasteiger partial charge in [-0.15, -0.1) is 0 Å². The molecule has 0 radical (unpaired) electrons. The molecule has 142 valence electrons. The second-order valence-corrected chi connectivity index (χ2v) is 7.94. The van der Waals surface area contributed by atoms with Gasteiger partial charge in [-0.1, -0.05) is 29.3 Å². The van der Waals surface area contributed by atoms with E-state index in [-0.39, 0.29) is 0 Å². The smallest absolute Gasteiger partial charge is 0.275 e. The van der Waals surface area contributed by atoms with Crippen molar-refractivity contribution >= 4 is 34.7 Å². The van der Waals surface area contributed by atoms with Crippen molar-refractivity contribution < 1.29 is 14.4 Å². The molecule has 2 heterocycles. The molecule has 4 nitrogen and oxygen atoms in total. The van der Waals surface area contributed by atoms with Crippen LogP contribution in [-0.4, -0.2) is 35.7 Å². The maximum Gasteiger partial charge on any atom is 0.275 e. The summed E-state index contributed by atoms with van der Waals surface area (Å²) >= 11 is 12.4. The standard InChI is InChI=1S/C21H23Cl2N2O2/c1-27-17-9-7-16(8-10-17)25-20-5-3-2-4-12-24(20)14-21(25,26)15-6-11-18(22)19(23)13-15/h6-11,13,26H,2-5,12,14H2,1H3/q+1/t21-/m1/s1. The fraction of sp³-hybridized carbons (Fsp3) is 0.381. The molecule has 27 heavy (non-hydrogen) atoms. The quantitative estimate of drug-likeness (QED) is 0.754. The van der Waals surface area contributed by atoms with E-state index < -0.39 is 5.72 Å². The lowest BCUT2D eigenvalue weighted by Crippen LogP contribution is -2.47. The van der Waals surface area contributed by atoms with Crippen molar-refractivity contribution in [1.29, 1.82) is 0 Å². The van der Waals surface area contributed by atoms with Crippen LogP contribution in [0.5, 0.6) is 5.75 Å². The third-order valence-corrected chi connectivity index (χ3v) is 6.18. The van der Waals surface area contributed by atoms with Gasteiger partial charge in [0.2, 0.25) is 0 Å². The molecule has 1 atom stereocenters. The van der Waals surface area contributed by atoms with E-state index in [1.807, 2.05) is 30.3 Å². The van der Waals surface area contributed by atoms with Gasteiger partial charge in [-0.3, -0.25) is 4.58 Å². The van der Waals surface area contributed by atoms with Gasteiger partial charge in [0.05, 0.1) is 23.7 Å². The Labute approximate surface area is 169 Å². The summed E-state index contributed by atoms with van der Waals surface area (Å²) in [6.45, 7) is 1.46. The Morgan fingerprint density at radius 3 is 2.52 bits per heavy atom. The molecule has 0 aliphatic carbocycles. The lowest BCUT2D eigenvalue weighted by Gasteiger charge is -2.29. The van der Waals surface area contributed by atoms with Crippen LogP contribution in [0, 0.1) is 0 Å². The van der Waals surface area contributed by atoms with Crippen LogP contribution >= 0.6 is 23.2 Å². The third kappa shape index (κ3) is 3.31. The molecule has 0 saturated carbocycles. The Morgan fingerprint density at radius 1 is 1.04 bits per heavy atom. The minimum atomic E-state index is -1.20. The highest BCUT2D eigenvalue weighted by Gasteiger charge is 2.54. The highest BCUT2D eigenvalue weighted by molar-refractivity contribution is 6.42. The molecule has 0 spiro atoms. The largest absolute Gasteiger partial charge is 0.497 e. The van der Waals surface area contributed by atoms with Crippen LogP contribution in [0.3, 0.4) is 0 Å². The van der Waals surface area contributed by atoms with Crippen molar-refractivity contribution in [2.75, 3.05) is 25.1 Å². The monoisotopic (exact) mass is 405 g/mol. The van der Waals surface area contributed by atoms with E-state index in [1.54, 1.807) is 19.2 Å². The van der Waals surface area contributed by atoms with Crippen molar-refractivity contribution in [1.82, 2.24) is 0 Å². The number of hydrogen-bond donors (Lipinski definition) is 1. The minimum Gasteiger partial charge on any atom is -0.497 e. The number of amidine groups is 1. The second kappa shape index (κ2) is 7.34. The van der Waals surface area contributed by atoms with Gasteiger partial charge < -0.3 is 9.84 Å². The van der Waals surface area contributed by atoms with Crippen molar-refractivity contribution in [2.45, 2.75) is 31.4 Å². The van der Waals surface area contributed by atoms with Crippen molar-refractivity contribution in [2.24, 2.45) is 0 Å². The summed E-state index contributed by atoms with van der Waals surface area (Å²) in [5.41, 5.74) is 0.479. The van der Waals surface area contributed by atoms with Gasteiger partial charge in [-0.2, -0.15) is 4.90 Å². The van der Waals surface area contributed by atoms with Gasteiger partial charge in [-0.05, 0) is 55.7 Å². The summed E-state index contributed by atoms with van der Waals surface area (Å²) in [6.07, 6.45) is 4.41. The van der Waals surface area contributed by atoms with Crippen LogP contribution < -0.4 is 9.64 Å². The van der Waals surface area contributed by atoms with Gasteiger partial charge in [0.15, 0.2) is 6.54 Å². The molecule has 0 unspecified atom stereocenters. The summed E-state index contributed by atoms with van der Waals surface area (Å²) in [5, 5.41) is 12.8. The predicted molar refractivity (Wildman–Crippen MR) is 109 cm³/mol. The number of methoxy groups -OCH3 is 1. The van der Waals surface area contributed by atoms with Gasteiger partial charge >= 0.3 is 0 Å². The molecule has 0 amide bonds. The number of anilines is 1. The van der Waals surface area contributed by atoms with E-state index in [1.165, 1.54) is 6.42 Å². The van der Waals surface area contributed by atoms with Crippen LogP contribution in [0.25, 0.3) is 0 Å². The average molecular weight is 406 g/mol. The van der Waals surface area contributed by atoms with Crippen LogP contribution in [0.1, 0.15) is 31.2 Å². The van der Waals surface area contributed by atoms with Crippen molar-refractivity contribution in [3.63, 3.8) is 0 Å². The molecule has 2 aromatic carbocycles. The first kappa shape index (κ1) is 18.6. The van der Waals surface area contributed by atoms with E-state index in [2.05, 4.69) is 9.48 Å². The van der Waals surface area contributed by atoms with E-state index in [0.29, 0.717) is 16.6 Å². The van der Waals surface area contributed by atoms with E-state index in [0.717, 1.165) is 48.6 Å². The number of hydrogen-bond acceptors (Lipinski definition) is 3. The first-order chi connectivity index (χ1) is 13.0. The molecule has 0 aromatic heterocycles. The number of rotatable bonds is 3. The summed E-state index contributed by atoms with van der Waals surface area (Å²) in [6, 6.07) is 13.2. The molecule has 2 aliphatic heterocycles. The number of aliphatic hydroxyl groups is 1. The highest BCUT2D eigenvalue weighted by atomic mass is 35.5. The maximum atomic E-state index is 11.9. The lowest BCUT2D eigenvalue weighted by molar-refractivity contribution is -0.534. The fourth-order valence-electron chi connectivity index (χ4n) is 4.08. The lowest BCUT2D eigenvalue weighted by atomic mass is 10.00. The first-order valence-electron chi connectivity index (χ1n) is 9.26. The number of benzene rings is 2. The van der Waals surface area contributed by atoms with Gasteiger partial charge in [-0.25, -0.2) is 0 Å². The fourth-order valence-corrected chi connectivity index (χ4v) is 4.38. The number of nitrogens with zero attached hydrogens (tertiary/aromatic N) is 2. The summed E-state index contributed by atoms with van der Waals surface area (Å²) in [5.74, 6) is 1.95. The molecular formula is C21H23Cl2N2O2+. The Kier molecular flexibility index (Phi) is 5.06. The summed E-state index contributed by atoms with van der Waals surface area (Å²) in [7, 11) is 1.65. The number of ether oxygens (including phenoxy) is 1. The zero-order valence-corrected chi connectivity index (χ0v) is 16.8. The zero-order valence-electron chi connectivity index (χ0n) is 15.3. The van der Waals surface area contributed by atoms with E-state index in [4.69, 9.17) is 27.9 Å². The van der Waals surface area contributed by atoms with Crippen LogP contribution in [0.15, 0.2) is 42.5 Å². The summed E-state index contributed by atoms with van der Waals surface area (Å²) < 4.78 is 7.60. The van der Waals surface area contributed by atoms with E-state index in [9.17, 15) is 5.11 Å². The Hall–Kier alpha value is -1.75. The minimum absolute atomic E-state index is 0.448. The Bertz CT molecular complexity index is 882. The van der Waals surface area contributed by atoms with Crippen LogP contribution in [-0.2, 0) is 5.72 Å². The summed E-state index contributed by atoms with van der Waals surface area (Å²) in [4.78, 5) is 2.05. The number of halogens is 2. The molecule has 0 fully saturated rings. The van der Waals surface area contributed by atoms with E-state index >= 15 is 0 Å².